The molecular formula is C24H26N4O2S. The number of benzene rings is 2. The highest BCUT2D eigenvalue weighted by Crippen LogP contribution is 2.34. The van der Waals surface area contributed by atoms with Crippen LogP contribution >= 0.6 is 11.8 Å². The molecule has 0 saturated carbocycles. The van der Waals surface area contributed by atoms with E-state index in [0.29, 0.717) is 23.3 Å². The van der Waals surface area contributed by atoms with Crippen molar-refractivity contribution in [2.45, 2.75) is 40.2 Å². The molecule has 1 N–H and O–H groups in total. The lowest BCUT2D eigenvalue weighted by atomic mass is 10.0. The van der Waals surface area contributed by atoms with Crippen LogP contribution in [0.1, 0.15) is 37.0 Å². The fourth-order valence-electron chi connectivity index (χ4n) is 3.65. The molecule has 2 aliphatic rings. The van der Waals surface area contributed by atoms with E-state index in [4.69, 9.17) is 4.99 Å². The molecule has 0 aliphatic carbocycles. The van der Waals surface area contributed by atoms with Crippen LogP contribution in [0.25, 0.3) is 0 Å². The minimum atomic E-state index is -0.406. The van der Waals surface area contributed by atoms with Gasteiger partial charge in [0.15, 0.2) is 5.17 Å². The fourth-order valence-corrected chi connectivity index (χ4v) is 4.45. The monoisotopic (exact) mass is 434 g/mol. The maximum absolute atomic E-state index is 13.1. The molecule has 4 rings (SSSR count). The van der Waals surface area contributed by atoms with Gasteiger partial charge in [-0.05, 0) is 61.6 Å². The van der Waals surface area contributed by atoms with Crippen molar-refractivity contribution >= 4 is 46.0 Å². The SMILES string of the molecule is Cc1ccc(NC(=O)CSC2=Nc3ccccc3C3=N[C@H](CC(C)C)C(=O)N23)cc1C. The smallest absolute Gasteiger partial charge is 0.259 e. The van der Waals surface area contributed by atoms with Gasteiger partial charge in [-0.15, -0.1) is 0 Å². The number of fused-ring (bicyclic) bond motifs is 3. The zero-order valence-corrected chi connectivity index (χ0v) is 19.0. The number of aliphatic imine (C=N–C) groups is 2. The highest BCUT2D eigenvalue weighted by molar-refractivity contribution is 8.14. The molecule has 2 heterocycles. The van der Waals surface area contributed by atoms with Gasteiger partial charge >= 0.3 is 0 Å². The predicted molar refractivity (Wildman–Crippen MR) is 127 cm³/mol. The van der Waals surface area contributed by atoms with E-state index in [2.05, 4.69) is 24.2 Å². The number of amides is 2. The van der Waals surface area contributed by atoms with Crippen LogP contribution in [0.5, 0.6) is 0 Å². The molecule has 0 spiro atoms. The van der Waals surface area contributed by atoms with Crippen LogP contribution in [0.4, 0.5) is 11.4 Å². The Hall–Kier alpha value is -2.93. The molecule has 0 fully saturated rings. The molecule has 2 aromatic rings. The molecule has 7 heteroatoms. The van der Waals surface area contributed by atoms with Gasteiger partial charge in [-0.2, -0.15) is 0 Å². The molecule has 0 radical (unpaired) electrons. The Balaban J connectivity index is 1.53. The third-order valence-electron chi connectivity index (χ3n) is 5.37. The fraction of sp³-hybridized carbons (Fsp3) is 0.333. The number of anilines is 1. The van der Waals surface area contributed by atoms with Gasteiger partial charge in [0.1, 0.15) is 11.9 Å². The topological polar surface area (TPSA) is 74.1 Å². The van der Waals surface area contributed by atoms with Gasteiger partial charge in [0.05, 0.1) is 11.4 Å². The van der Waals surface area contributed by atoms with E-state index < -0.39 is 6.04 Å². The van der Waals surface area contributed by atoms with E-state index in [1.165, 1.54) is 17.3 Å². The first-order chi connectivity index (χ1) is 14.8. The summed E-state index contributed by atoms with van der Waals surface area (Å²) in [5.74, 6) is 0.933. The van der Waals surface area contributed by atoms with Gasteiger partial charge in [-0.3, -0.25) is 14.6 Å². The lowest BCUT2D eigenvalue weighted by Crippen LogP contribution is -2.41. The lowest BCUT2D eigenvalue weighted by Gasteiger charge is -2.25. The second kappa shape index (κ2) is 8.67. The van der Waals surface area contributed by atoms with Crippen LogP contribution in [0.3, 0.4) is 0 Å². The first-order valence-corrected chi connectivity index (χ1v) is 11.4. The second-order valence-corrected chi connectivity index (χ2v) is 9.26. The van der Waals surface area contributed by atoms with Crippen molar-refractivity contribution in [3.05, 3.63) is 59.2 Å². The van der Waals surface area contributed by atoms with Gasteiger partial charge in [0.2, 0.25) is 5.91 Å². The Morgan fingerprint density at radius 2 is 1.94 bits per heavy atom. The Labute approximate surface area is 186 Å². The minimum Gasteiger partial charge on any atom is -0.325 e. The maximum atomic E-state index is 13.1. The standard InChI is InChI=1S/C24H26N4O2S/c1-14(2)11-20-23(30)28-22(26-20)18-7-5-6-8-19(18)27-24(28)31-13-21(29)25-17-10-9-15(3)16(4)12-17/h5-10,12,14,20H,11,13H2,1-4H3,(H,25,29)/t20-/m1/s1. The van der Waals surface area contributed by atoms with Crippen LogP contribution in [-0.4, -0.2) is 39.5 Å². The first kappa shape index (κ1) is 21.3. The maximum Gasteiger partial charge on any atom is 0.259 e. The van der Waals surface area contributed by atoms with Crippen molar-refractivity contribution < 1.29 is 9.59 Å². The average molecular weight is 435 g/mol. The zero-order valence-electron chi connectivity index (χ0n) is 18.2. The van der Waals surface area contributed by atoms with E-state index in [1.807, 2.05) is 56.3 Å². The number of amidine groups is 2. The number of carbonyl (C=O) groups is 2. The predicted octanol–water partition coefficient (Wildman–Crippen LogP) is 4.68. The molecular weight excluding hydrogens is 408 g/mol. The highest BCUT2D eigenvalue weighted by atomic mass is 32.2. The first-order valence-electron chi connectivity index (χ1n) is 10.4. The number of nitrogens with one attached hydrogen (secondary N) is 1. The lowest BCUT2D eigenvalue weighted by molar-refractivity contribution is -0.125. The third-order valence-corrected chi connectivity index (χ3v) is 6.30. The van der Waals surface area contributed by atoms with Crippen LogP contribution < -0.4 is 5.32 Å². The summed E-state index contributed by atoms with van der Waals surface area (Å²) in [5.41, 5.74) is 4.69. The Morgan fingerprint density at radius 3 is 2.68 bits per heavy atom. The van der Waals surface area contributed by atoms with Crippen LogP contribution in [0.15, 0.2) is 52.4 Å². The Bertz CT molecular complexity index is 1110. The molecule has 0 aromatic heterocycles. The van der Waals surface area contributed by atoms with E-state index in [-0.39, 0.29) is 17.6 Å². The van der Waals surface area contributed by atoms with E-state index in [9.17, 15) is 9.59 Å². The van der Waals surface area contributed by atoms with Crippen LogP contribution in [0, 0.1) is 19.8 Å². The number of aryl methyl sites for hydroxylation is 2. The zero-order chi connectivity index (χ0) is 22.1. The van der Waals surface area contributed by atoms with Gasteiger partial charge in [0, 0.05) is 11.3 Å². The van der Waals surface area contributed by atoms with Crippen molar-refractivity contribution in [3.63, 3.8) is 0 Å². The molecule has 6 nitrogen and oxygen atoms in total. The molecule has 1 atom stereocenters. The summed E-state index contributed by atoms with van der Waals surface area (Å²) >= 11 is 1.26. The van der Waals surface area contributed by atoms with E-state index in [1.54, 1.807) is 4.90 Å². The van der Waals surface area contributed by atoms with Gasteiger partial charge in [-0.25, -0.2) is 9.89 Å². The summed E-state index contributed by atoms with van der Waals surface area (Å²) in [6.07, 6.45) is 0.687. The molecule has 0 bridgehead atoms. The average Bonchev–Trinajstić information content (AvgIpc) is 3.05. The molecule has 0 unspecified atom stereocenters. The van der Waals surface area contributed by atoms with E-state index >= 15 is 0 Å². The van der Waals surface area contributed by atoms with Crippen molar-refractivity contribution in [2.75, 3.05) is 11.1 Å². The van der Waals surface area contributed by atoms with Crippen LogP contribution in [0.2, 0.25) is 0 Å². The molecule has 2 aliphatic heterocycles. The van der Waals surface area contributed by atoms with Gasteiger partial charge in [0.25, 0.3) is 5.91 Å². The normalized spacial score (nSPS) is 17.3. The van der Waals surface area contributed by atoms with Crippen molar-refractivity contribution in [1.82, 2.24) is 4.90 Å². The molecule has 2 aromatic carbocycles. The number of rotatable bonds is 5. The number of thioether (sulfide) groups is 1. The number of hydrogen-bond donors (Lipinski definition) is 1. The Morgan fingerprint density at radius 1 is 1.16 bits per heavy atom. The Kier molecular flexibility index (Phi) is 5.96. The van der Waals surface area contributed by atoms with E-state index in [0.717, 1.165) is 22.5 Å². The largest absolute Gasteiger partial charge is 0.325 e. The van der Waals surface area contributed by atoms with Gasteiger partial charge < -0.3 is 5.32 Å². The summed E-state index contributed by atoms with van der Waals surface area (Å²) in [7, 11) is 0. The molecule has 160 valence electrons. The number of para-hydroxylation sites is 1. The quantitative estimate of drug-likeness (QED) is 0.742. The number of carbonyl (C=O) groups excluding carboxylic acids is 2. The van der Waals surface area contributed by atoms with Crippen LogP contribution in [-0.2, 0) is 9.59 Å². The summed E-state index contributed by atoms with van der Waals surface area (Å²) in [5, 5.41) is 3.43. The van der Waals surface area contributed by atoms with Crippen molar-refractivity contribution in [3.8, 4) is 0 Å². The second-order valence-electron chi connectivity index (χ2n) is 8.32. The van der Waals surface area contributed by atoms with Crippen molar-refractivity contribution in [1.29, 1.82) is 0 Å². The summed E-state index contributed by atoms with van der Waals surface area (Å²) < 4.78 is 0. The molecule has 2 amide bonds. The third kappa shape index (κ3) is 4.42. The highest BCUT2D eigenvalue weighted by Gasteiger charge is 2.41. The minimum absolute atomic E-state index is 0.0704. The summed E-state index contributed by atoms with van der Waals surface area (Å²) in [4.78, 5) is 36.7. The summed E-state index contributed by atoms with van der Waals surface area (Å²) in [6.45, 7) is 8.22. The number of nitrogens with zero attached hydrogens (tertiary/aromatic N) is 3. The number of hydrogen-bond acceptors (Lipinski definition) is 5. The molecule has 0 saturated heterocycles. The molecule has 31 heavy (non-hydrogen) atoms. The van der Waals surface area contributed by atoms with Crippen molar-refractivity contribution in [2.24, 2.45) is 15.9 Å². The van der Waals surface area contributed by atoms with Gasteiger partial charge in [-0.1, -0.05) is 43.8 Å². The summed E-state index contributed by atoms with van der Waals surface area (Å²) in [6, 6.07) is 13.1.